The van der Waals surface area contributed by atoms with E-state index in [1.807, 2.05) is 30.3 Å². The molecule has 1 aromatic heterocycles. The summed E-state index contributed by atoms with van der Waals surface area (Å²) in [5.41, 5.74) is 6.82. The van der Waals surface area contributed by atoms with E-state index in [-0.39, 0.29) is 24.4 Å². The molecular weight excluding hydrogens is 284 g/mol. The number of hydrogen-bond acceptors (Lipinski definition) is 5. The molecule has 3 rings (SSSR count). The molecule has 7 heteroatoms. The fraction of sp³-hybridized carbons (Fsp3) is 0.333. The average molecular weight is 302 g/mol. The van der Waals surface area contributed by atoms with Crippen LogP contribution in [0.5, 0.6) is 0 Å². The summed E-state index contributed by atoms with van der Waals surface area (Å²) >= 11 is 0. The Kier molecular flexibility index (Phi) is 4.08. The first-order valence-electron chi connectivity index (χ1n) is 7.10. The van der Waals surface area contributed by atoms with Crippen molar-refractivity contribution in [1.29, 1.82) is 0 Å². The zero-order valence-electron chi connectivity index (χ0n) is 12.0. The molecule has 4 N–H and O–H groups in total. The predicted octanol–water partition coefficient (Wildman–Crippen LogP) is 0.566. The van der Waals surface area contributed by atoms with Crippen LogP contribution in [0.1, 0.15) is 22.1 Å². The molecule has 1 amide bonds. The fourth-order valence-electron chi connectivity index (χ4n) is 2.76. The molecule has 0 spiro atoms. The van der Waals surface area contributed by atoms with Crippen LogP contribution in [0, 0.1) is 0 Å². The van der Waals surface area contributed by atoms with Gasteiger partial charge in [-0.25, -0.2) is 0 Å². The summed E-state index contributed by atoms with van der Waals surface area (Å²) in [6.07, 6.45) is -0.458. The van der Waals surface area contributed by atoms with Crippen molar-refractivity contribution in [2.24, 2.45) is 0 Å². The number of H-pyrrole nitrogens is 1. The third kappa shape index (κ3) is 2.68. The minimum absolute atomic E-state index is 0.158. The van der Waals surface area contributed by atoms with Crippen molar-refractivity contribution >= 4 is 11.7 Å². The van der Waals surface area contributed by atoms with Gasteiger partial charge in [0.25, 0.3) is 5.91 Å². The lowest BCUT2D eigenvalue weighted by atomic mass is 9.98. The summed E-state index contributed by atoms with van der Waals surface area (Å²) in [4.78, 5) is 14.4. The molecule has 116 valence electrons. The van der Waals surface area contributed by atoms with Gasteiger partial charge in [0.2, 0.25) is 0 Å². The van der Waals surface area contributed by atoms with Gasteiger partial charge < -0.3 is 20.5 Å². The Morgan fingerprint density at radius 1 is 1.45 bits per heavy atom. The van der Waals surface area contributed by atoms with Crippen LogP contribution in [-0.2, 0) is 4.74 Å². The van der Waals surface area contributed by atoms with Gasteiger partial charge in [0.1, 0.15) is 17.6 Å². The lowest BCUT2D eigenvalue weighted by molar-refractivity contribution is -0.0812. The van der Waals surface area contributed by atoms with E-state index >= 15 is 0 Å². The first kappa shape index (κ1) is 14.6. The molecule has 1 aromatic carbocycles. The number of morpholine rings is 1. The molecule has 0 saturated carbocycles. The zero-order valence-corrected chi connectivity index (χ0v) is 12.0. The van der Waals surface area contributed by atoms with Crippen molar-refractivity contribution in [3.05, 3.63) is 47.7 Å². The van der Waals surface area contributed by atoms with Crippen molar-refractivity contribution in [2.45, 2.75) is 12.1 Å². The molecule has 2 heterocycles. The molecular formula is C15H18N4O3. The number of carbonyl (C=O) groups excluding carboxylic acids is 1. The van der Waals surface area contributed by atoms with Crippen LogP contribution in [0.2, 0.25) is 0 Å². The molecule has 0 bridgehead atoms. The number of aromatic amines is 1. The monoisotopic (exact) mass is 302 g/mol. The maximum atomic E-state index is 12.7. The van der Waals surface area contributed by atoms with E-state index in [0.29, 0.717) is 18.8 Å². The van der Waals surface area contributed by atoms with E-state index in [4.69, 9.17) is 10.5 Å². The number of benzene rings is 1. The van der Waals surface area contributed by atoms with Crippen molar-refractivity contribution in [2.75, 3.05) is 25.5 Å². The Balaban J connectivity index is 1.94. The first-order valence-corrected chi connectivity index (χ1v) is 7.10. The first-order chi connectivity index (χ1) is 10.7. The van der Waals surface area contributed by atoms with Crippen molar-refractivity contribution < 1.29 is 14.6 Å². The molecule has 1 aliphatic heterocycles. The number of carbonyl (C=O) groups is 1. The number of nitrogens with zero attached hydrogens (tertiary/aromatic N) is 2. The number of aliphatic hydroxyl groups excluding tert-OH is 1. The molecule has 7 nitrogen and oxygen atoms in total. The number of nitrogen functional groups attached to an aromatic ring is 1. The molecule has 1 fully saturated rings. The number of nitrogens with one attached hydrogen (secondary N) is 1. The summed E-state index contributed by atoms with van der Waals surface area (Å²) in [6, 6.07) is 10.7. The van der Waals surface area contributed by atoms with E-state index in [1.165, 1.54) is 6.07 Å². The van der Waals surface area contributed by atoms with Gasteiger partial charge in [-0.3, -0.25) is 9.89 Å². The Morgan fingerprint density at radius 2 is 2.23 bits per heavy atom. The Hall–Kier alpha value is -2.38. The highest BCUT2D eigenvalue weighted by Crippen LogP contribution is 2.30. The summed E-state index contributed by atoms with van der Waals surface area (Å²) in [5, 5.41) is 16.0. The van der Waals surface area contributed by atoms with Gasteiger partial charge >= 0.3 is 0 Å². The number of aromatic nitrogens is 2. The lowest BCUT2D eigenvalue weighted by Crippen LogP contribution is -2.49. The molecule has 22 heavy (non-hydrogen) atoms. The van der Waals surface area contributed by atoms with Gasteiger partial charge in [0, 0.05) is 12.6 Å². The topological polar surface area (TPSA) is 104 Å². The van der Waals surface area contributed by atoms with Crippen LogP contribution in [0.4, 0.5) is 5.82 Å². The lowest BCUT2D eigenvalue weighted by Gasteiger charge is -2.40. The highest BCUT2D eigenvalue weighted by molar-refractivity contribution is 5.93. The Labute approximate surface area is 127 Å². The van der Waals surface area contributed by atoms with Crippen LogP contribution in [0.3, 0.4) is 0 Å². The molecule has 1 saturated heterocycles. The molecule has 0 aliphatic carbocycles. The van der Waals surface area contributed by atoms with E-state index < -0.39 is 6.10 Å². The second-order valence-corrected chi connectivity index (χ2v) is 5.15. The standard InChI is InChI=1S/C15H18N4O3/c16-13-8-11(17-18-13)15(21)19-6-7-22-12(9-20)14(19)10-4-2-1-3-5-10/h1-5,8,12,14,20H,6-7,9H2,(H3,16,17,18)/t12-,14-/m0/s1. The summed E-state index contributed by atoms with van der Waals surface area (Å²) in [7, 11) is 0. The van der Waals surface area contributed by atoms with Crippen molar-refractivity contribution in [1.82, 2.24) is 15.1 Å². The molecule has 0 unspecified atom stereocenters. The smallest absolute Gasteiger partial charge is 0.272 e. The van der Waals surface area contributed by atoms with E-state index in [0.717, 1.165) is 5.56 Å². The van der Waals surface area contributed by atoms with Crippen molar-refractivity contribution in [3.8, 4) is 0 Å². The van der Waals surface area contributed by atoms with Crippen LogP contribution in [0.15, 0.2) is 36.4 Å². The number of anilines is 1. The van der Waals surface area contributed by atoms with E-state index in [1.54, 1.807) is 4.90 Å². The van der Waals surface area contributed by atoms with Gasteiger partial charge in [0.15, 0.2) is 0 Å². The minimum Gasteiger partial charge on any atom is -0.394 e. The van der Waals surface area contributed by atoms with Crippen molar-refractivity contribution in [3.63, 3.8) is 0 Å². The number of aliphatic hydroxyl groups is 1. The zero-order chi connectivity index (χ0) is 15.5. The summed E-state index contributed by atoms with van der Waals surface area (Å²) in [6.45, 7) is 0.659. The summed E-state index contributed by atoms with van der Waals surface area (Å²) in [5.74, 6) is 0.0615. The number of amides is 1. The van der Waals surface area contributed by atoms with E-state index in [2.05, 4.69) is 10.2 Å². The highest BCUT2D eigenvalue weighted by Gasteiger charge is 2.36. The quantitative estimate of drug-likeness (QED) is 0.768. The molecule has 2 atom stereocenters. The third-order valence-electron chi connectivity index (χ3n) is 3.76. The maximum absolute atomic E-state index is 12.7. The molecule has 1 aliphatic rings. The van der Waals surface area contributed by atoms with E-state index in [9.17, 15) is 9.90 Å². The summed E-state index contributed by atoms with van der Waals surface area (Å²) < 4.78 is 5.62. The maximum Gasteiger partial charge on any atom is 0.272 e. The average Bonchev–Trinajstić information content (AvgIpc) is 3.00. The number of ether oxygens (including phenoxy) is 1. The third-order valence-corrected chi connectivity index (χ3v) is 3.76. The Morgan fingerprint density at radius 3 is 2.86 bits per heavy atom. The second kappa shape index (κ2) is 6.17. The van der Waals surface area contributed by atoms with Gasteiger partial charge in [-0.15, -0.1) is 0 Å². The van der Waals surface area contributed by atoms with Crippen LogP contribution < -0.4 is 5.73 Å². The van der Waals surface area contributed by atoms with Gasteiger partial charge in [-0.05, 0) is 5.56 Å². The van der Waals surface area contributed by atoms with Gasteiger partial charge in [-0.1, -0.05) is 30.3 Å². The number of hydrogen-bond donors (Lipinski definition) is 3. The SMILES string of the molecule is Nc1cc(C(=O)N2CCO[C@@H](CO)[C@@H]2c2ccccc2)[nH]n1. The minimum atomic E-state index is -0.458. The Bertz CT molecular complexity index is 643. The largest absolute Gasteiger partial charge is 0.394 e. The second-order valence-electron chi connectivity index (χ2n) is 5.15. The normalized spacial score (nSPS) is 21.8. The fourth-order valence-corrected chi connectivity index (χ4v) is 2.76. The highest BCUT2D eigenvalue weighted by atomic mass is 16.5. The predicted molar refractivity (Wildman–Crippen MR) is 80.0 cm³/mol. The number of rotatable bonds is 3. The van der Waals surface area contributed by atoms with Crippen LogP contribution in [-0.4, -0.2) is 52.0 Å². The van der Waals surface area contributed by atoms with Crippen LogP contribution in [0.25, 0.3) is 0 Å². The molecule has 2 aromatic rings. The number of nitrogens with two attached hydrogens (primary N) is 1. The van der Waals surface area contributed by atoms with Crippen LogP contribution >= 0.6 is 0 Å². The van der Waals surface area contributed by atoms with Gasteiger partial charge in [-0.2, -0.15) is 5.10 Å². The van der Waals surface area contributed by atoms with Gasteiger partial charge in [0.05, 0.1) is 19.3 Å². The molecule has 0 radical (unpaired) electrons.